The van der Waals surface area contributed by atoms with Gasteiger partial charge in [0.05, 0.1) is 17.1 Å². The number of thiophene rings is 1. The highest BCUT2D eigenvalue weighted by Crippen LogP contribution is 2.46. The third-order valence-corrected chi connectivity index (χ3v) is 6.09. The number of rotatable bonds is 6. The summed E-state index contributed by atoms with van der Waals surface area (Å²) in [6.07, 6.45) is 3.13. The number of sulfone groups is 1. The van der Waals surface area contributed by atoms with Gasteiger partial charge in [0.15, 0.2) is 9.84 Å². The van der Waals surface area contributed by atoms with E-state index in [4.69, 9.17) is 4.74 Å². The second-order valence-corrected chi connectivity index (χ2v) is 9.04. The van der Waals surface area contributed by atoms with Crippen molar-refractivity contribution in [3.8, 4) is 0 Å². The van der Waals surface area contributed by atoms with E-state index < -0.39 is 21.7 Å². The molecule has 1 aliphatic carbocycles. The number of esters is 1. The average molecular weight is 393 g/mol. The molecule has 0 saturated heterocycles. The Kier molecular flexibility index (Phi) is 5.15. The van der Waals surface area contributed by atoms with Crippen LogP contribution in [-0.4, -0.2) is 33.2 Å². The summed E-state index contributed by atoms with van der Waals surface area (Å²) in [5.41, 5.74) is 1.53. The first kappa shape index (κ1) is 18.6. The van der Waals surface area contributed by atoms with Gasteiger partial charge in [-0.15, -0.1) is 11.3 Å². The van der Waals surface area contributed by atoms with Crippen molar-refractivity contribution >= 4 is 38.1 Å². The predicted octanol–water partition coefficient (Wildman–Crippen LogP) is 3.46. The molecule has 2 aromatic rings. The number of carbonyl (C=O) groups is 2. The molecule has 1 saturated carbocycles. The van der Waals surface area contributed by atoms with Crippen LogP contribution in [-0.2, 0) is 14.6 Å². The Morgan fingerprint density at radius 1 is 1.31 bits per heavy atom. The molecule has 1 amide bonds. The quantitative estimate of drug-likeness (QED) is 0.759. The van der Waals surface area contributed by atoms with E-state index in [1.54, 1.807) is 6.92 Å². The largest absolute Gasteiger partial charge is 0.462 e. The molecule has 0 atom stereocenters. The van der Waals surface area contributed by atoms with Gasteiger partial charge in [-0.25, -0.2) is 13.2 Å². The fourth-order valence-electron chi connectivity index (χ4n) is 2.62. The molecule has 1 N–H and O–H groups in total. The van der Waals surface area contributed by atoms with Crippen LogP contribution in [0.25, 0.3) is 0 Å². The van der Waals surface area contributed by atoms with E-state index in [9.17, 15) is 18.0 Å². The predicted molar refractivity (Wildman–Crippen MR) is 99.8 cm³/mol. The Bertz CT molecular complexity index is 958. The van der Waals surface area contributed by atoms with Crippen LogP contribution in [0.2, 0.25) is 0 Å². The summed E-state index contributed by atoms with van der Waals surface area (Å²) in [4.78, 5) is 25.0. The minimum Gasteiger partial charge on any atom is -0.462 e. The molecule has 1 aromatic carbocycles. The Balaban J connectivity index is 1.89. The Hall–Kier alpha value is -2.19. The lowest BCUT2D eigenvalue weighted by Gasteiger charge is -2.09. The van der Waals surface area contributed by atoms with E-state index in [-0.39, 0.29) is 17.1 Å². The normalized spacial score (nSPS) is 14.1. The number of hydrogen-bond donors (Lipinski definition) is 1. The number of nitrogens with one attached hydrogen (secondary N) is 1. The highest BCUT2D eigenvalue weighted by molar-refractivity contribution is 7.90. The SMILES string of the molecule is CCOC(=O)c1c(C2CC2)csc1NC(=O)c1cccc(S(C)(=O)=O)c1. The number of ether oxygens (including phenoxy) is 1. The molecule has 3 rings (SSSR count). The smallest absolute Gasteiger partial charge is 0.341 e. The van der Waals surface area contributed by atoms with Crippen molar-refractivity contribution in [2.45, 2.75) is 30.6 Å². The summed E-state index contributed by atoms with van der Waals surface area (Å²) in [5, 5.41) is 5.04. The molecule has 8 heteroatoms. The van der Waals surface area contributed by atoms with Gasteiger partial charge in [0.1, 0.15) is 5.00 Å². The second kappa shape index (κ2) is 7.20. The lowest BCUT2D eigenvalue weighted by Crippen LogP contribution is -2.15. The molecule has 0 unspecified atom stereocenters. The van der Waals surface area contributed by atoms with Crippen LogP contribution in [0, 0.1) is 0 Å². The minimum absolute atomic E-state index is 0.0700. The van der Waals surface area contributed by atoms with Crippen LogP contribution in [0.4, 0.5) is 5.00 Å². The van der Waals surface area contributed by atoms with Crippen LogP contribution in [0.1, 0.15) is 52.0 Å². The van der Waals surface area contributed by atoms with E-state index in [0.29, 0.717) is 16.5 Å². The van der Waals surface area contributed by atoms with E-state index in [1.165, 1.54) is 35.6 Å². The molecule has 1 heterocycles. The van der Waals surface area contributed by atoms with Crippen LogP contribution >= 0.6 is 11.3 Å². The zero-order chi connectivity index (χ0) is 18.9. The van der Waals surface area contributed by atoms with Crippen molar-refractivity contribution in [1.29, 1.82) is 0 Å². The fraction of sp³-hybridized carbons (Fsp3) is 0.333. The lowest BCUT2D eigenvalue weighted by molar-refractivity contribution is 0.0527. The topological polar surface area (TPSA) is 89.5 Å². The van der Waals surface area contributed by atoms with Crippen molar-refractivity contribution in [2.75, 3.05) is 18.2 Å². The van der Waals surface area contributed by atoms with Crippen LogP contribution < -0.4 is 5.32 Å². The zero-order valence-corrected chi connectivity index (χ0v) is 16.1. The van der Waals surface area contributed by atoms with Crippen molar-refractivity contribution in [1.82, 2.24) is 0 Å². The molecule has 1 aromatic heterocycles. The second-order valence-electron chi connectivity index (χ2n) is 6.14. The maximum absolute atomic E-state index is 12.6. The molecule has 1 aliphatic rings. The lowest BCUT2D eigenvalue weighted by atomic mass is 10.1. The van der Waals surface area contributed by atoms with Gasteiger partial charge < -0.3 is 10.1 Å². The third kappa shape index (κ3) is 3.96. The van der Waals surface area contributed by atoms with Crippen molar-refractivity contribution in [2.24, 2.45) is 0 Å². The fourth-order valence-corrected chi connectivity index (χ4v) is 4.31. The highest BCUT2D eigenvalue weighted by atomic mass is 32.2. The maximum Gasteiger partial charge on any atom is 0.341 e. The third-order valence-electron chi connectivity index (χ3n) is 4.07. The summed E-state index contributed by atoms with van der Waals surface area (Å²) in [7, 11) is -3.41. The van der Waals surface area contributed by atoms with Gasteiger partial charge in [-0.3, -0.25) is 4.79 Å². The zero-order valence-electron chi connectivity index (χ0n) is 14.4. The molecule has 0 spiro atoms. The summed E-state index contributed by atoms with van der Waals surface area (Å²) < 4.78 is 28.5. The van der Waals surface area contributed by atoms with Gasteiger partial charge in [0.2, 0.25) is 0 Å². The van der Waals surface area contributed by atoms with Gasteiger partial charge in [0.25, 0.3) is 5.91 Å². The maximum atomic E-state index is 12.6. The molecule has 0 bridgehead atoms. The monoisotopic (exact) mass is 393 g/mol. The Morgan fingerprint density at radius 2 is 2.04 bits per heavy atom. The van der Waals surface area contributed by atoms with Crippen molar-refractivity contribution < 1.29 is 22.7 Å². The van der Waals surface area contributed by atoms with Crippen molar-refractivity contribution in [3.05, 3.63) is 46.3 Å². The molecule has 0 aliphatic heterocycles. The first-order chi connectivity index (χ1) is 12.3. The Morgan fingerprint density at radius 3 is 2.65 bits per heavy atom. The average Bonchev–Trinajstić information content (AvgIpc) is 3.35. The molecule has 26 heavy (non-hydrogen) atoms. The standard InChI is InChI=1S/C18H19NO5S2/c1-3-24-18(21)15-14(11-7-8-11)10-25-17(15)19-16(20)12-5-4-6-13(9-12)26(2,22)23/h4-6,9-11H,3,7-8H2,1-2H3,(H,19,20). The number of amides is 1. The molecular weight excluding hydrogens is 374 g/mol. The molecule has 0 radical (unpaired) electrons. The summed E-state index contributed by atoms with van der Waals surface area (Å²) in [6, 6.07) is 5.81. The van der Waals surface area contributed by atoms with Gasteiger partial charge in [0, 0.05) is 11.8 Å². The van der Waals surface area contributed by atoms with Gasteiger partial charge >= 0.3 is 5.97 Å². The van der Waals surface area contributed by atoms with Crippen LogP contribution in [0.3, 0.4) is 0 Å². The minimum atomic E-state index is -3.41. The van der Waals surface area contributed by atoms with Crippen LogP contribution in [0.5, 0.6) is 0 Å². The molecule has 6 nitrogen and oxygen atoms in total. The summed E-state index contributed by atoms with van der Waals surface area (Å²) in [5.74, 6) is -0.578. The number of anilines is 1. The molecular formula is C18H19NO5S2. The number of carbonyl (C=O) groups excluding carboxylic acids is 2. The van der Waals surface area contributed by atoms with E-state index in [2.05, 4.69) is 5.32 Å². The number of benzene rings is 1. The molecule has 1 fully saturated rings. The number of hydrogen-bond acceptors (Lipinski definition) is 6. The van der Waals surface area contributed by atoms with Gasteiger partial charge in [-0.2, -0.15) is 0 Å². The highest BCUT2D eigenvalue weighted by Gasteiger charge is 2.32. The first-order valence-electron chi connectivity index (χ1n) is 8.21. The van der Waals surface area contributed by atoms with Crippen LogP contribution in [0.15, 0.2) is 34.5 Å². The summed E-state index contributed by atoms with van der Waals surface area (Å²) in [6.45, 7) is 1.98. The first-order valence-corrected chi connectivity index (χ1v) is 11.0. The summed E-state index contributed by atoms with van der Waals surface area (Å²) >= 11 is 1.28. The van der Waals surface area contributed by atoms with E-state index in [1.807, 2.05) is 5.38 Å². The van der Waals surface area contributed by atoms with E-state index >= 15 is 0 Å². The van der Waals surface area contributed by atoms with Crippen molar-refractivity contribution in [3.63, 3.8) is 0 Å². The molecule has 138 valence electrons. The van der Waals surface area contributed by atoms with Gasteiger partial charge in [-0.1, -0.05) is 6.07 Å². The Labute approximate surface area is 156 Å². The van der Waals surface area contributed by atoms with E-state index in [0.717, 1.165) is 24.7 Å². The van der Waals surface area contributed by atoms with Gasteiger partial charge in [-0.05, 0) is 54.8 Å².